The predicted octanol–water partition coefficient (Wildman–Crippen LogP) is 5.66. The van der Waals surface area contributed by atoms with Crippen LogP contribution in [0.5, 0.6) is 5.75 Å². The van der Waals surface area contributed by atoms with Crippen LogP contribution in [0.2, 0.25) is 0 Å². The minimum absolute atomic E-state index is 0.0296. The predicted molar refractivity (Wildman–Crippen MR) is 238 cm³/mol. The van der Waals surface area contributed by atoms with Gasteiger partial charge in [0.15, 0.2) is 0 Å². The molecule has 1 aromatic heterocycles. The molecule has 0 bridgehead atoms. The molecule has 336 valence electrons. The number of nitrogens with zero attached hydrogens (tertiary/aromatic N) is 1. The molecule has 5 aromatic rings. The number of carboxylic acids is 1. The summed E-state index contributed by atoms with van der Waals surface area (Å²) in [6.45, 7) is 5.10. The van der Waals surface area contributed by atoms with E-state index >= 15 is 0 Å². The Bertz CT molecular complexity index is 2440. The fraction of sp³-hybridized carbons (Fsp3) is 0.364. The standard InChI is InChI=1S/C21H21FN2O4S.C16H25NO4S.C7H8O3S/c22-14-5-8-16(9-6-14)29(27,28)23-15-7-10-20-18(13-15)17-3-1-2-4-19(17)24(20)12-11-21(25)26;1-4-20-11-14(18)12-21-15-7-5-13(6-8-15)17-16(19)9-10-22(2)3;1-6-2-4-7(5-3-6)11(8,9)10/h1-6,8-9,15,23H,7,10-13H2,(H,25,26);5-8,14,18H,4,9-12H2,1-3H3;2-5H,1H3,(H,8,9,10)/t15-;;/m1../s1. The summed E-state index contributed by atoms with van der Waals surface area (Å²) in [5, 5.41) is 22.6. The zero-order valence-corrected chi connectivity index (χ0v) is 37.5. The Balaban J connectivity index is 0.000000226. The van der Waals surface area contributed by atoms with E-state index in [9.17, 15) is 40.5 Å². The van der Waals surface area contributed by atoms with Crippen molar-refractivity contribution in [3.63, 3.8) is 0 Å². The molecule has 0 aliphatic heterocycles. The fourth-order valence-electron chi connectivity index (χ4n) is 6.42. The fourth-order valence-corrected chi connectivity index (χ4v) is 8.75. The number of ether oxygens (including phenoxy) is 2. The summed E-state index contributed by atoms with van der Waals surface area (Å²) in [7, 11) is -7.74. The molecular weight excluding hydrogens is 862 g/mol. The summed E-state index contributed by atoms with van der Waals surface area (Å²) in [4.78, 5) is 22.6. The highest BCUT2D eigenvalue weighted by molar-refractivity contribution is 7.95. The summed E-state index contributed by atoms with van der Waals surface area (Å²) in [6, 6.07) is 25.2. The van der Waals surface area contributed by atoms with Crippen molar-refractivity contribution >= 4 is 59.5 Å². The number of rotatable bonds is 17. The normalized spacial score (nSPS) is 14.2. The third kappa shape index (κ3) is 15.8. The lowest BCUT2D eigenvalue weighted by atomic mass is 9.92. The molecule has 14 nitrogen and oxygen atoms in total. The topological polar surface area (TPSA) is 213 Å². The number of halogens is 1. The summed E-state index contributed by atoms with van der Waals surface area (Å²) in [6.07, 6.45) is 5.96. The Labute approximate surface area is 365 Å². The highest BCUT2D eigenvalue weighted by atomic mass is 32.2. The average Bonchev–Trinajstić information content (AvgIpc) is 3.54. The quantitative estimate of drug-likeness (QED) is 0.0660. The molecule has 1 amide bonds. The second-order valence-electron chi connectivity index (χ2n) is 14.7. The van der Waals surface area contributed by atoms with E-state index in [0.717, 1.165) is 51.3 Å². The first-order valence-corrected chi connectivity index (χ1v) is 24.9. The van der Waals surface area contributed by atoms with Gasteiger partial charge in [-0.25, -0.2) is 25.9 Å². The lowest BCUT2D eigenvalue weighted by molar-refractivity contribution is -0.137. The number of anilines is 1. The number of hydrogen-bond acceptors (Lipinski definition) is 10. The molecule has 6 rings (SSSR count). The molecule has 62 heavy (non-hydrogen) atoms. The van der Waals surface area contributed by atoms with Crippen LogP contribution < -0.4 is 14.8 Å². The summed E-state index contributed by atoms with van der Waals surface area (Å²) in [5.74, 6) is 0.252. The van der Waals surface area contributed by atoms with Gasteiger partial charge in [-0.3, -0.25) is 9.59 Å². The summed E-state index contributed by atoms with van der Waals surface area (Å²) in [5.41, 5.74) is 4.78. The van der Waals surface area contributed by atoms with E-state index in [-0.39, 0.29) is 52.3 Å². The number of aliphatic carboxylic acids is 1. The van der Waals surface area contributed by atoms with Gasteiger partial charge in [0.25, 0.3) is 0 Å². The molecule has 0 radical (unpaired) electrons. The number of sulfonamides is 1. The number of nitrogens with one attached hydrogen (secondary N) is 2. The Morgan fingerprint density at radius 2 is 1.56 bits per heavy atom. The number of carbonyl (C=O) groups is 2. The van der Waals surface area contributed by atoms with Gasteiger partial charge in [-0.15, -0.1) is 0 Å². The monoisotopic (exact) mass is 915 g/mol. The third-order valence-corrected chi connectivity index (χ3v) is 12.9. The maximum absolute atomic E-state index is 13.1. The number of amides is 1. The number of para-hydroxylation sites is 1. The van der Waals surface area contributed by atoms with Gasteiger partial charge in [0.05, 0.1) is 41.8 Å². The molecule has 1 aliphatic carbocycles. The molecule has 0 saturated heterocycles. The van der Waals surface area contributed by atoms with E-state index in [1.54, 1.807) is 36.4 Å². The highest BCUT2D eigenvalue weighted by Crippen LogP contribution is 2.33. The van der Waals surface area contributed by atoms with Crippen molar-refractivity contribution in [3.8, 4) is 5.75 Å². The first kappa shape index (κ1) is 49.8. The van der Waals surface area contributed by atoms with Gasteiger partial charge in [0.2, 0.25) is 15.9 Å². The Kier molecular flexibility index (Phi) is 18.9. The Hall–Kier alpha value is -4.82. The van der Waals surface area contributed by atoms with Gasteiger partial charge in [-0.05, 0) is 116 Å². The Morgan fingerprint density at radius 3 is 2.18 bits per heavy atom. The molecule has 1 unspecified atom stereocenters. The maximum atomic E-state index is 13.1. The van der Waals surface area contributed by atoms with E-state index in [1.165, 1.54) is 24.3 Å². The number of aliphatic hydroxyl groups is 1. The lowest BCUT2D eigenvalue weighted by Crippen LogP contribution is -2.39. The average molecular weight is 916 g/mol. The van der Waals surface area contributed by atoms with Crippen molar-refractivity contribution in [2.75, 3.05) is 43.4 Å². The number of aromatic nitrogens is 1. The molecule has 0 fully saturated rings. The second-order valence-corrected chi connectivity index (χ2v) is 20.1. The van der Waals surface area contributed by atoms with Crippen molar-refractivity contribution in [2.24, 2.45) is 0 Å². The smallest absolute Gasteiger partial charge is 0.305 e. The largest absolute Gasteiger partial charge is 0.744 e. The van der Waals surface area contributed by atoms with Crippen LogP contribution >= 0.6 is 0 Å². The van der Waals surface area contributed by atoms with Crippen LogP contribution in [0.25, 0.3) is 10.9 Å². The SMILES string of the molecule is CCOCC(O)COc1ccc(NC(=O)CC[S+](C)C)cc1.Cc1ccc(S(=O)(=O)[O-])cc1.O=C(O)CCn1c2c(c3ccccc31)C[C@H](NS(=O)(=O)c1ccc(F)cc1)CC2. The number of carbonyl (C=O) groups excluding carboxylic acids is 1. The molecule has 1 heterocycles. The molecule has 0 saturated carbocycles. The molecule has 4 N–H and O–H groups in total. The van der Waals surface area contributed by atoms with Crippen LogP contribution in [0.15, 0.2) is 107 Å². The first-order valence-electron chi connectivity index (χ1n) is 19.8. The van der Waals surface area contributed by atoms with Crippen molar-refractivity contribution in [3.05, 3.63) is 120 Å². The van der Waals surface area contributed by atoms with Crippen molar-refractivity contribution in [1.82, 2.24) is 9.29 Å². The summed E-state index contributed by atoms with van der Waals surface area (Å²) >= 11 is 0. The Morgan fingerprint density at radius 1 is 0.919 bits per heavy atom. The van der Waals surface area contributed by atoms with Crippen molar-refractivity contribution < 1.29 is 55.1 Å². The third-order valence-electron chi connectivity index (χ3n) is 9.51. The first-order chi connectivity index (χ1) is 29.4. The van der Waals surface area contributed by atoms with Crippen LogP contribution in [0.1, 0.15) is 43.0 Å². The van der Waals surface area contributed by atoms with Crippen molar-refractivity contribution in [2.45, 2.75) is 74.4 Å². The minimum Gasteiger partial charge on any atom is -0.744 e. The van der Waals surface area contributed by atoms with E-state index in [0.29, 0.717) is 44.6 Å². The number of benzene rings is 4. The second kappa shape index (κ2) is 23.6. The van der Waals surface area contributed by atoms with Crippen LogP contribution in [-0.2, 0) is 64.7 Å². The van der Waals surface area contributed by atoms with E-state index in [4.69, 9.17) is 14.6 Å². The number of aryl methyl sites for hydroxylation is 2. The van der Waals surface area contributed by atoms with E-state index in [1.807, 2.05) is 42.7 Å². The van der Waals surface area contributed by atoms with Gasteiger partial charge in [0.1, 0.15) is 40.1 Å². The van der Waals surface area contributed by atoms with Crippen LogP contribution in [0.3, 0.4) is 0 Å². The van der Waals surface area contributed by atoms with E-state index in [2.05, 4.69) is 22.6 Å². The van der Waals surface area contributed by atoms with Crippen molar-refractivity contribution in [1.29, 1.82) is 0 Å². The van der Waals surface area contributed by atoms with Crippen LogP contribution in [0.4, 0.5) is 10.1 Å². The number of carboxylic acid groups (broad SMARTS) is 1. The van der Waals surface area contributed by atoms with Gasteiger partial charge in [-0.2, -0.15) is 0 Å². The minimum atomic E-state index is -4.27. The molecular formula is C44H54FN3O11S3. The number of fused-ring (bicyclic) bond motifs is 3. The zero-order valence-electron chi connectivity index (χ0n) is 35.1. The van der Waals surface area contributed by atoms with Gasteiger partial charge < -0.3 is 34.1 Å². The molecule has 1 aliphatic rings. The van der Waals surface area contributed by atoms with Crippen LogP contribution in [0, 0.1) is 12.7 Å². The lowest BCUT2D eigenvalue weighted by Gasteiger charge is -2.25. The van der Waals surface area contributed by atoms with Gasteiger partial charge >= 0.3 is 5.97 Å². The number of aliphatic hydroxyl groups excluding tert-OH is 1. The number of hydrogen-bond donors (Lipinski definition) is 4. The molecule has 4 aromatic carbocycles. The molecule has 2 atom stereocenters. The van der Waals surface area contributed by atoms with Gasteiger partial charge in [0, 0.05) is 41.5 Å². The molecule has 0 spiro atoms. The maximum Gasteiger partial charge on any atom is 0.305 e. The zero-order chi connectivity index (χ0) is 45.5. The van der Waals surface area contributed by atoms with E-state index < -0.39 is 38.0 Å². The van der Waals surface area contributed by atoms with Gasteiger partial charge in [-0.1, -0.05) is 35.9 Å². The molecule has 18 heteroatoms. The van der Waals surface area contributed by atoms with Crippen LogP contribution in [-0.4, -0.2) is 98.3 Å². The highest BCUT2D eigenvalue weighted by Gasteiger charge is 2.29. The summed E-state index contributed by atoms with van der Waals surface area (Å²) < 4.78 is 85.0.